The van der Waals surface area contributed by atoms with Gasteiger partial charge in [0.2, 0.25) is 0 Å². The number of hydrogen-bond donors (Lipinski definition) is 2. The van der Waals surface area contributed by atoms with Crippen molar-refractivity contribution in [1.29, 1.82) is 0 Å². The van der Waals surface area contributed by atoms with Crippen LogP contribution in [0, 0.1) is 13.8 Å². The minimum atomic E-state index is -0.459. The van der Waals surface area contributed by atoms with E-state index in [9.17, 15) is 9.59 Å². The predicted molar refractivity (Wildman–Crippen MR) is 83.9 cm³/mol. The Balaban J connectivity index is 2.34. The van der Waals surface area contributed by atoms with Gasteiger partial charge in [0, 0.05) is 16.1 Å². The highest BCUT2D eigenvalue weighted by atomic mass is 32.1. The van der Waals surface area contributed by atoms with Crippen molar-refractivity contribution in [2.24, 2.45) is 0 Å². The quantitative estimate of drug-likeness (QED) is 0.674. The van der Waals surface area contributed by atoms with E-state index >= 15 is 0 Å². The first-order chi connectivity index (χ1) is 9.93. The van der Waals surface area contributed by atoms with E-state index in [1.165, 1.54) is 18.4 Å². The van der Waals surface area contributed by atoms with Gasteiger partial charge < -0.3 is 15.8 Å². The lowest BCUT2D eigenvalue weighted by atomic mass is 10.1. The van der Waals surface area contributed by atoms with Crippen LogP contribution in [0.3, 0.4) is 0 Å². The van der Waals surface area contributed by atoms with Gasteiger partial charge in [0.05, 0.1) is 12.7 Å². The van der Waals surface area contributed by atoms with Gasteiger partial charge in [-0.15, -0.1) is 11.3 Å². The number of thiophene rings is 1. The number of anilines is 2. The van der Waals surface area contributed by atoms with Crippen LogP contribution in [0.1, 0.15) is 31.2 Å². The molecule has 21 heavy (non-hydrogen) atoms. The molecule has 0 aliphatic carbocycles. The van der Waals surface area contributed by atoms with Gasteiger partial charge in [0.15, 0.2) is 0 Å². The molecule has 6 heteroatoms. The highest BCUT2D eigenvalue weighted by molar-refractivity contribution is 7.16. The Morgan fingerprint density at radius 1 is 1.29 bits per heavy atom. The summed E-state index contributed by atoms with van der Waals surface area (Å²) in [6.07, 6.45) is 0. The number of benzene rings is 1. The second-order valence-corrected chi connectivity index (χ2v) is 5.78. The molecule has 0 aliphatic heterocycles. The first-order valence-corrected chi connectivity index (χ1v) is 7.11. The van der Waals surface area contributed by atoms with Gasteiger partial charge in [-0.05, 0) is 37.6 Å². The van der Waals surface area contributed by atoms with Gasteiger partial charge in [-0.2, -0.15) is 0 Å². The van der Waals surface area contributed by atoms with E-state index in [0.29, 0.717) is 21.8 Å². The number of esters is 1. The molecule has 1 aromatic carbocycles. The number of nitrogens with one attached hydrogen (secondary N) is 1. The molecule has 0 atom stereocenters. The summed E-state index contributed by atoms with van der Waals surface area (Å²) in [5.74, 6) is -0.770. The predicted octanol–water partition coefficient (Wildman–Crippen LogP) is 2.99. The Morgan fingerprint density at radius 3 is 2.62 bits per heavy atom. The van der Waals surface area contributed by atoms with Crippen LogP contribution in [0.4, 0.5) is 10.7 Å². The molecule has 0 aliphatic rings. The zero-order valence-electron chi connectivity index (χ0n) is 12.0. The van der Waals surface area contributed by atoms with Crippen LogP contribution in [0.5, 0.6) is 0 Å². The van der Waals surface area contributed by atoms with Crippen LogP contribution in [-0.2, 0) is 4.74 Å². The summed E-state index contributed by atoms with van der Waals surface area (Å²) in [7, 11) is 1.32. The Kier molecular flexibility index (Phi) is 4.28. The molecule has 3 N–H and O–H groups in total. The number of methoxy groups -OCH3 is 1. The van der Waals surface area contributed by atoms with Crippen molar-refractivity contribution in [3.05, 3.63) is 45.8 Å². The van der Waals surface area contributed by atoms with Crippen LogP contribution >= 0.6 is 11.3 Å². The largest absolute Gasteiger partial charge is 0.465 e. The third-order valence-corrected chi connectivity index (χ3v) is 4.27. The van der Waals surface area contributed by atoms with E-state index in [0.717, 1.165) is 10.4 Å². The van der Waals surface area contributed by atoms with Crippen LogP contribution in [0.25, 0.3) is 0 Å². The lowest BCUT2D eigenvalue weighted by molar-refractivity contribution is 0.0601. The zero-order chi connectivity index (χ0) is 15.6. The van der Waals surface area contributed by atoms with E-state index < -0.39 is 5.97 Å². The maximum absolute atomic E-state index is 12.2. The lowest BCUT2D eigenvalue weighted by Crippen LogP contribution is -2.14. The zero-order valence-corrected chi connectivity index (χ0v) is 12.8. The molecule has 2 rings (SSSR count). The SMILES string of the molecule is COC(=O)c1c(NC(=O)c2cccc(N)c2)sc(C)c1C. The molecule has 0 fully saturated rings. The van der Waals surface area contributed by atoms with E-state index in [-0.39, 0.29) is 5.91 Å². The fourth-order valence-electron chi connectivity index (χ4n) is 1.92. The number of ether oxygens (including phenoxy) is 1. The van der Waals surface area contributed by atoms with Crippen LogP contribution < -0.4 is 11.1 Å². The maximum Gasteiger partial charge on any atom is 0.341 e. The lowest BCUT2D eigenvalue weighted by Gasteiger charge is -2.06. The fraction of sp³-hybridized carbons (Fsp3) is 0.200. The Morgan fingerprint density at radius 2 is 2.00 bits per heavy atom. The molecule has 0 saturated carbocycles. The number of carbonyl (C=O) groups is 2. The van der Waals surface area contributed by atoms with Crippen molar-refractivity contribution in [2.45, 2.75) is 13.8 Å². The molecule has 5 nitrogen and oxygen atoms in total. The molecule has 1 aromatic heterocycles. The van der Waals surface area contributed by atoms with Gasteiger partial charge in [-0.1, -0.05) is 6.07 Å². The normalized spacial score (nSPS) is 10.2. The summed E-state index contributed by atoms with van der Waals surface area (Å²) in [5, 5.41) is 3.24. The van der Waals surface area contributed by atoms with E-state index in [2.05, 4.69) is 5.32 Å². The highest BCUT2D eigenvalue weighted by Crippen LogP contribution is 2.33. The number of hydrogen-bond acceptors (Lipinski definition) is 5. The number of aryl methyl sites for hydroxylation is 1. The Bertz CT molecular complexity index is 707. The first-order valence-electron chi connectivity index (χ1n) is 6.29. The topological polar surface area (TPSA) is 81.4 Å². The van der Waals surface area contributed by atoms with Gasteiger partial charge >= 0.3 is 5.97 Å². The van der Waals surface area contributed by atoms with Gasteiger partial charge in [-0.3, -0.25) is 4.79 Å². The minimum absolute atomic E-state index is 0.311. The van der Waals surface area contributed by atoms with Crippen molar-refractivity contribution in [1.82, 2.24) is 0 Å². The molecule has 0 radical (unpaired) electrons. The number of amides is 1. The third-order valence-electron chi connectivity index (χ3n) is 3.15. The van der Waals surface area contributed by atoms with E-state index in [4.69, 9.17) is 10.5 Å². The minimum Gasteiger partial charge on any atom is -0.465 e. The number of carbonyl (C=O) groups excluding carboxylic acids is 2. The van der Waals surface area contributed by atoms with Gasteiger partial charge in [0.25, 0.3) is 5.91 Å². The Hall–Kier alpha value is -2.34. The first kappa shape index (κ1) is 15.1. The smallest absolute Gasteiger partial charge is 0.341 e. The molecular formula is C15H16N2O3S. The van der Waals surface area contributed by atoms with Crippen molar-refractivity contribution in [2.75, 3.05) is 18.2 Å². The van der Waals surface area contributed by atoms with E-state index in [1.807, 2.05) is 13.8 Å². The molecule has 1 heterocycles. The van der Waals surface area contributed by atoms with Crippen molar-refractivity contribution >= 4 is 33.9 Å². The second kappa shape index (κ2) is 5.97. The standard InChI is InChI=1S/C15H16N2O3S/c1-8-9(2)21-14(12(8)15(19)20-3)17-13(18)10-5-4-6-11(16)7-10/h4-7H,16H2,1-3H3,(H,17,18). The summed E-state index contributed by atoms with van der Waals surface area (Å²) in [4.78, 5) is 25.0. The molecule has 2 aromatic rings. The summed E-state index contributed by atoms with van der Waals surface area (Å²) in [5.41, 5.74) is 7.83. The van der Waals surface area contributed by atoms with Crippen LogP contribution in [0.15, 0.2) is 24.3 Å². The molecule has 0 unspecified atom stereocenters. The second-order valence-electron chi connectivity index (χ2n) is 4.56. The molecule has 1 amide bonds. The molecular weight excluding hydrogens is 288 g/mol. The third kappa shape index (κ3) is 3.05. The summed E-state index contributed by atoms with van der Waals surface area (Å²) in [6.45, 7) is 3.72. The van der Waals surface area contributed by atoms with Crippen molar-refractivity contribution in [3.8, 4) is 0 Å². The maximum atomic E-state index is 12.2. The fourth-order valence-corrected chi connectivity index (χ4v) is 2.96. The Labute approximate surface area is 126 Å². The number of rotatable bonds is 3. The van der Waals surface area contributed by atoms with Crippen LogP contribution in [0.2, 0.25) is 0 Å². The van der Waals surface area contributed by atoms with Crippen molar-refractivity contribution in [3.63, 3.8) is 0 Å². The monoisotopic (exact) mass is 304 g/mol. The highest BCUT2D eigenvalue weighted by Gasteiger charge is 2.21. The van der Waals surface area contributed by atoms with Crippen LogP contribution in [-0.4, -0.2) is 19.0 Å². The van der Waals surface area contributed by atoms with Crippen molar-refractivity contribution < 1.29 is 14.3 Å². The summed E-state index contributed by atoms with van der Waals surface area (Å²) < 4.78 is 4.77. The summed E-state index contributed by atoms with van der Waals surface area (Å²) >= 11 is 1.35. The average Bonchev–Trinajstić information content (AvgIpc) is 2.73. The molecule has 0 saturated heterocycles. The molecule has 110 valence electrons. The average molecular weight is 304 g/mol. The summed E-state index contributed by atoms with van der Waals surface area (Å²) in [6, 6.07) is 6.66. The van der Waals surface area contributed by atoms with Gasteiger partial charge in [0.1, 0.15) is 5.00 Å². The number of nitrogen functional groups attached to an aromatic ring is 1. The molecule has 0 bridgehead atoms. The van der Waals surface area contributed by atoms with Gasteiger partial charge in [-0.25, -0.2) is 4.79 Å². The molecule has 0 spiro atoms. The number of nitrogens with two attached hydrogens (primary N) is 1. The van der Waals surface area contributed by atoms with E-state index in [1.54, 1.807) is 24.3 Å².